The molecule has 0 aliphatic heterocycles. The highest BCUT2D eigenvalue weighted by molar-refractivity contribution is 7.98. The molecule has 0 atom stereocenters. The van der Waals surface area contributed by atoms with E-state index >= 15 is 0 Å². The van der Waals surface area contributed by atoms with Gasteiger partial charge in [-0.25, -0.2) is 15.0 Å². The van der Waals surface area contributed by atoms with Gasteiger partial charge in [0.15, 0.2) is 11.4 Å². The number of fused-ring (bicyclic) bond motifs is 1. The van der Waals surface area contributed by atoms with Crippen molar-refractivity contribution in [2.75, 3.05) is 5.73 Å². The van der Waals surface area contributed by atoms with E-state index in [2.05, 4.69) is 15.0 Å². The Morgan fingerprint density at radius 1 is 1.17 bits per heavy atom. The minimum Gasteiger partial charge on any atom is -0.440 e. The molecule has 0 amide bonds. The topological polar surface area (TPSA) is 77.8 Å². The van der Waals surface area contributed by atoms with E-state index in [1.165, 1.54) is 11.8 Å². The third kappa shape index (κ3) is 2.14. The lowest BCUT2D eigenvalue weighted by Gasteiger charge is -1.99. The van der Waals surface area contributed by atoms with E-state index in [9.17, 15) is 0 Å². The molecule has 2 N–H and O–H groups in total. The molecule has 0 radical (unpaired) electrons. The summed E-state index contributed by atoms with van der Waals surface area (Å²) in [6, 6.07) is 7.67. The fourth-order valence-corrected chi connectivity index (χ4v) is 2.28. The summed E-state index contributed by atoms with van der Waals surface area (Å²) in [5, 5.41) is 0.694. The van der Waals surface area contributed by atoms with Gasteiger partial charge in [-0.2, -0.15) is 0 Å². The molecule has 0 unspecified atom stereocenters. The number of nitrogen functional groups attached to an aromatic ring is 1. The summed E-state index contributed by atoms with van der Waals surface area (Å²) >= 11 is 1.46. The third-order valence-corrected chi connectivity index (χ3v) is 3.34. The van der Waals surface area contributed by atoms with Gasteiger partial charge in [-0.15, -0.1) is 0 Å². The van der Waals surface area contributed by atoms with E-state index in [-0.39, 0.29) is 0 Å². The molecule has 2 aromatic heterocycles. The number of anilines is 1. The van der Waals surface area contributed by atoms with Crippen molar-refractivity contribution >= 4 is 28.7 Å². The number of para-hydroxylation sites is 2. The Balaban J connectivity index is 1.79. The van der Waals surface area contributed by atoms with Crippen LogP contribution in [0.3, 0.4) is 0 Å². The minimum absolute atomic E-state index is 0.429. The Labute approximate surface area is 107 Å². The van der Waals surface area contributed by atoms with Crippen molar-refractivity contribution in [1.29, 1.82) is 0 Å². The van der Waals surface area contributed by atoms with Gasteiger partial charge < -0.3 is 10.2 Å². The van der Waals surface area contributed by atoms with Gasteiger partial charge in [-0.05, 0) is 12.1 Å². The van der Waals surface area contributed by atoms with E-state index in [4.69, 9.17) is 10.2 Å². The molecule has 90 valence electrons. The number of benzene rings is 1. The van der Waals surface area contributed by atoms with Crippen LogP contribution in [0.1, 0.15) is 5.89 Å². The van der Waals surface area contributed by atoms with E-state index in [0.29, 0.717) is 22.5 Å². The molecule has 2 heterocycles. The molecule has 0 aliphatic carbocycles. The lowest BCUT2D eigenvalue weighted by Crippen LogP contribution is -1.94. The lowest BCUT2D eigenvalue weighted by atomic mass is 10.3. The van der Waals surface area contributed by atoms with Gasteiger partial charge in [-0.1, -0.05) is 23.9 Å². The standard InChI is InChI=1S/C12H10N4OS/c13-11-12(15-6-5-14-11)18-7-10-16-8-3-1-2-4-9(8)17-10/h1-6H,7H2,(H2,13,14). The Kier molecular flexibility index (Phi) is 2.85. The Bertz CT molecular complexity index is 649. The quantitative estimate of drug-likeness (QED) is 0.727. The second kappa shape index (κ2) is 4.66. The molecular formula is C12H10N4OS. The monoisotopic (exact) mass is 258 g/mol. The highest BCUT2D eigenvalue weighted by Crippen LogP contribution is 2.25. The van der Waals surface area contributed by atoms with E-state index < -0.39 is 0 Å². The van der Waals surface area contributed by atoms with Crippen molar-refractivity contribution in [2.24, 2.45) is 0 Å². The fourth-order valence-electron chi connectivity index (χ4n) is 1.56. The van der Waals surface area contributed by atoms with Gasteiger partial charge in [0.25, 0.3) is 0 Å². The van der Waals surface area contributed by atoms with Crippen molar-refractivity contribution in [3.8, 4) is 0 Å². The maximum absolute atomic E-state index is 5.71. The van der Waals surface area contributed by atoms with Crippen LogP contribution in [-0.4, -0.2) is 15.0 Å². The summed E-state index contributed by atoms with van der Waals surface area (Å²) in [6.07, 6.45) is 3.18. The SMILES string of the molecule is Nc1nccnc1SCc1nc2ccccc2o1. The number of rotatable bonds is 3. The van der Waals surface area contributed by atoms with Crippen LogP contribution in [-0.2, 0) is 5.75 Å². The zero-order valence-corrected chi connectivity index (χ0v) is 10.2. The number of aromatic nitrogens is 3. The number of oxazole rings is 1. The Morgan fingerprint density at radius 2 is 2.00 bits per heavy atom. The van der Waals surface area contributed by atoms with Gasteiger partial charge in [0.05, 0.1) is 5.75 Å². The van der Waals surface area contributed by atoms with E-state index in [1.807, 2.05) is 24.3 Å². The molecule has 3 aromatic rings. The zero-order chi connectivity index (χ0) is 12.4. The predicted octanol–water partition coefficient (Wildman–Crippen LogP) is 2.49. The van der Waals surface area contributed by atoms with Crippen molar-refractivity contribution < 1.29 is 4.42 Å². The fraction of sp³-hybridized carbons (Fsp3) is 0.0833. The van der Waals surface area contributed by atoms with Crippen LogP contribution in [0.2, 0.25) is 0 Å². The maximum atomic E-state index is 5.71. The molecule has 0 fully saturated rings. The van der Waals surface area contributed by atoms with Crippen LogP contribution < -0.4 is 5.73 Å². The van der Waals surface area contributed by atoms with Crippen molar-refractivity contribution in [3.63, 3.8) is 0 Å². The van der Waals surface area contributed by atoms with Gasteiger partial charge in [0.1, 0.15) is 10.5 Å². The Morgan fingerprint density at radius 3 is 2.83 bits per heavy atom. The third-order valence-electron chi connectivity index (χ3n) is 2.36. The highest BCUT2D eigenvalue weighted by atomic mass is 32.2. The van der Waals surface area contributed by atoms with Crippen LogP contribution in [0.15, 0.2) is 46.1 Å². The Hall–Kier alpha value is -2.08. The van der Waals surface area contributed by atoms with Crippen LogP contribution in [0.25, 0.3) is 11.1 Å². The second-order valence-electron chi connectivity index (χ2n) is 3.61. The molecule has 0 saturated carbocycles. The molecule has 0 aliphatic rings. The lowest BCUT2D eigenvalue weighted by molar-refractivity contribution is 0.556. The van der Waals surface area contributed by atoms with Crippen molar-refractivity contribution in [2.45, 2.75) is 10.8 Å². The van der Waals surface area contributed by atoms with Gasteiger partial charge in [0.2, 0.25) is 5.89 Å². The normalized spacial score (nSPS) is 10.9. The number of thioether (sulfide) groups is 1. The molecule has 3 rings (SSSR count). The first-order valence-electron chi connectivity index (χ1n) is 5.36. The summed E-state index contributed by atoms with van der Waals surface area (Å²) in [6.45, 7) is 0. The molecule has 5 nitrogen and oxygen atoms in total. The first-order chi connectivity index (χ1) is 8.83. The molecule has 6 heteroatoms. The first kappa shape index (κ1) is 11.0. The van der Waals surface area contributed by atoms with E-state index in [0.717, 1.165) is 11.1 Å². The van der Waals surface area contributed by atoms with Crippen LogP contribution in [0.4, 0.5) is 5.82 Å². The van der Waals surface area contributed by atoms with Crippen molar-refractivity contribution in [3.05, 3.63) is 42.5 Å². The largest absolute Gasteiger partial charge is 0.440 e. The van der Waals surface area contributed by atoms with Crippen molar-refractivity contribution in [1.82, 2.24) is 15.0 Å². The van der Waals surface area contributed by atoms with Crippen LogP contribution >= 0.6 is 11.8 Å². The van der Waals surface area contributed by atoms with Crippen LogP contribution in [0.5, 0.6) is 0 Å². The van der Waals surface area contributed by atoms with Gasteiger partial charge >= 0.3 is 0 Å². The average Bonchev–Trinajstić information content (AvgIpc) is 2.80. The maximum Gasteiger partial charge on any atom is 0.205 e. The summed E-state index contributed by atoms with van der Waals surface area (Å²) in [7, 11) is 0. The van der Waals surface area contributed by atoms with Gasteiger partial charge in [0, 0.05) is 12.4 Å². The molecule has 0 saturated heterocycles. The first-order valence-corrected chi connectivity index (χ1v) is 6.35. The summed E-state index contributed by atoms with van der Waals surface area (Å²) < 4.78 is 5.61. The smallest absolute Gasteiger partial charge is 0.205 e. The number of nitrogens with zero attached hydrogens (tertiary/aromatic N) is 3. The van der Waals surface area contributed by atoms with Crippen LogP contribution in [0, 0.1) is 0 Å². The summed E-state index contributed by atoms with van der Waals surface area (Å²) in [5.41, 5.74) is 7.37. The molecule has 0 bridgehead atoms. The number of hydrogen-bond acceptors (Lipinski definition) is 6. The second-order valence-corrected chi connectivity index (χ2v) is 4.57. The molecular weight excluding hydrogens is 248 g/mol. The summed E-state index contributed by atoms with van der Waals surface area (Å²) in [4.78, 5) is 12.5. The van der Waals surface area contributed by atoms with E-state index in [1.54, 1.807) is 12.4 Å². The molecule has 18 heavy (non-hydrogen) atoms. The highest BCUT2D eigenvalue weighted by Gasteiger charge is 2.08. The molecule has 1 aromatic carbocycles. The predicted molar refractivity (Wildman–Crippen MR) is 70.0 cm³/mol. The number of hydrogen-bond donors (Lipinski definition) is 1. The number of nitrogens with two attached hydrogens (primary N) is 1. The molecule has 0 spiro atoms. The summed E-state index contributed by atoms with van der Waals surface area (Å²) in [5.74, 6) is 1.67. The average molecular weight is 258 g/mol. The minimum atomic E-state index is 0.429. The zero-order valence-electron chi connectivity index (χ0n) is 9.41. The van der Waals surface area contributed by atoms with Gasteiger partial charge in [-0.3, -0.25) is 0 Å².